The van der Waals surface area contributed by atoms with E-state index in [1.165, 1.54) is 10.9 Å². The van der Waals surface area contributed by atoms with Crippen molar-refractivity contribution in [2.75, 3.05) is 19.8 Å². The lowest BCUT2D eigenvalue weighted by Gasteiger charge is -2.16. The number of hydrazine groups is 1. The number of nitrogens with one attached hydrogen (secondary N) is 2. The van der Waals surface area contributed by atoms with Gasteiger partial charge >= 0.3 is 0 Å². The highest BCUT2D eigenvalue weighted by Gasteiger charge is 2.15. The summed E-state index contributed by atoms with van der Waals surface area (Å²) in [5.74, 6) is -0.480. The van der Waals surface area contributed by atoms with Crippen LogP contribution in [0.5, 0.6) is 5.75 Å². The minimum atomic E-state index is -0.590. The third-order valence-corrected chi connectivity index (χ3v) is 4.36. The summed E-state index contributed by atoms with van der Waals surface area (Å²) in [6.07, 6.45) is 1.52. The van der Waals surface area contributed by atoms with Gasteiger partial charge in [0.15, 0.2) is 12.0 Å². The number of carbonyl (C=O) groups is 2. The zero-order valence-electron chi connectivity index (χ0n) is 17.3. The van der Waals surface area contributed by atoms with Gasteiger partial charge in [0, 0.05) is 24.7 Å². The lowest BCUT2D eigenvalue weighted by atomic mass is 10.3. The van der Waals surface area contributed by atoms with Gasteiger partial charge in [-0.15, -0.1) is 5.10 Å². The van der Waals surface area contributed by atoms with Crippen LogP contribution < -0.4 is 15.6 Å². The molecule has 0 aliphatic rings. The first-order valence-corrected chi connectivity index (χ1v) is 10.5. The molecule has 31 heavy (non-hydrogen) atoms. The van der Waals surface area contributed by atoms with E-state index >= 15 is 0 Å². The molecular weight excluding hydrogens is 449 g/mol. The second-order valence-corrected chi connectivity index (χ2v) is 7.04. The van der Waals surface area contributed by atoms with E-state index in [4.69, 9.17) is 37.4 Å². The molecule has 2 N–H and O–H groups in total. The van der Waals surface area contributed by atoms with E-state index in [1.54, 1.807) is 18.2 Å². The van der Waals surface area contributed by atoms with Crippen LogP contribution in [0.15, 0.2) is 24.4 Å². The molecule has 0 aliphatic carbocycles. The zero-order valence-corrected chi connectivity index (χ0v) is 18.8. The minimum Gasteiger partial charge on any atom is -0.492 e. The van der Waals surface area contributed by atoms with Crippen molar-refractivity contribution in [2.45, 2.75) is 39.5 Å². The Hall–Kier alpha value is -2.40. The number of ether oxygens (including phenoxy) is 3. The molecule has 2 amide bonds. The van der Waals surface area contributed by atoms with Gasteiger partial charge in [0.05, 0.1) is 24.4 Å². The van der Waals surface area contributed by atoms with Crippen molar-refractivity contribution in [1.29, 1.82) is 0 Å². The Morgan fingerprint density at radius 1 is 1.16 bits per heavy atom. The number of amides is 2. The summed E-state index contributed by atoms with van der Waals surface area (Å²) in [7, 11) is 0. The number of nitrogens with zero attached hydrogens (tertiary/aromatic N) is 3. The van der Waals surface area contributed by atoms with Crippen LogP contribution in [0.4, 0.5) is 0 Å². The van der Waals surface area contributed by atoms with Crippen LogP contribution in [0.1, 0.15) is 37.2 Å². The highest BCUT2D eigenvalue weighted by molar-refractivity contribution is 6.35. The van der Waals surface area contributed by atoms with E-state index in [-0.39, 0.29) is 31.2 Å². The normalized spacial score (nSPS) is 10.9. The Kier molecular flexibility index (Phi) is 10.5. The molecule has 1 aromatic heterocycles. The van der Waals surface area contributed by atoms with Crippen molar-refractivity contribution in [1.82, 2.24) is 25.8 Å². The van der Waals surface area contributed by atoms with Crippen LogP contribution in [0.25, 0.3) is 0 Å². The van der Waals surface area contributed by atoms with Gasteiger partial charge in [-0.25, -0.2) is 4.68 Å². The van der Waals surface area contributed by atoms with Gasteiger partial charge in [0.2, 0.25) is 5.91 Å². The van der Waals surface area contributed by atoms with Gasteiger partial charge < -0.3 is 14.2 Å². The van der Waals surface area contributed by atoms with Crippen molar-refractivity contribution in [3.8, 4) is 5.75 Å². The predicted molar refractivity (Wildman–Crippen MR) is 114 cm³/mol. The molecule has 0 bridgehead atoms. The summed E-state index contributed by atoms with van der Waals surface area (Å²) < 4.78 is 17.8. The van der Waals surface area contributed by atoms with E-state index in [0.717, 1.165) is 0 Å². The molecular formula is C19H25Cl2N5O5. The van der Waals surface area contributed by atoms with Crippen LogP contribution in [0.3, 0.4) is 0 Å². The topological polar surface area (TPSA) is 117 Å². The quantitative estimate of drug-likeness (QED) is 0.276. The Bertz CT molecular complexity index is 858. The van der Waals surface area contributed by atoms with Gasteiger partial charge in [0.25, 0.3) is 5.91 Å². The predicted octanol–water partition coefficient (Wildman–Crippen LogP) is 2.60. The number of aromatic nitrogens is 3. The van der Waals surface area contributed by atoms with Crippen LogP contribution in [-0.2, 0) is 20.8 Å². The van der Waals surface area contributed by atoms with Gasteiger partial charge in [0.1, 0.15) is 5.75 Å². The Labute approximate surface area is 190 Å². The van der Waals surface area contributed by atoms with Gasteiger partial charge in [-0.3, -0.25) is 20.4 Å². The summed E-state index contributed by atoms with van der Waals surface area (Å²) in [6.45, 7) is 5.23. The third-order valence-electron chi connectivity index (χ3n) is 3.83. The van der Waals surface area contributed by atoms with Crippen LogP contribution in [0, 0.1) is 0 Å². The van der Waals surface area contributed by atoms with Crippen LogP contribution in [0.2, 0.25) is 10.0 Å². The Balaban J connectivity index is 1.69. The van der Waals surface area contributed by atoms with Crippen LogP contribution >= 0.6 is 23.2 Å². The second-order valence-electron chi connectivity index (χ2n) is 6.20. The number of halogens is 2. The molecule has 170 valence electrons. The largest absolute Gasteiger partial charge is 0.492 e. The fourth-order valence-electron chi connectivity index (χ4n) is 2.43. The number of hydrogen-bond donors (Lipinski definition) is 2. The molecule has 1 aromatic carbocycles. The van der Waals surface area contributed by atoms with Crippen molar-refractivity contribution in [2.24, 2.45) is 0 Å². The summed E-state index contributed by atoms with van der Waals surface area (Å²) >= 11 is 11.8. The van der Waals surface area contributed by atoms with E-state index in [9.17, 15) is 9.59 Å². The van der Waals surface area contributed by atoms with Crippen molar-refractivity contribution >= 4 is 35.0 Å². The fourth-order valence-corrected chi connectivity index (χ4v) is 2.89. The number of rotatable bonds is 12. The number of hydrogen-bond acceptors (Lipinski definition) is 7. The molecule has 0 atom stereocenters. The first-order valence-electron chi connectivity index (χ1n) is 9.73. The molecule has 0 aliphatic heterocycles. The van der Waals surface area contributed by atoms with E-state index in [0.29, 0.717) is 35.4 Å². The first kappa shape index (κ1) is 24.9. The molecule has 0 saturated heterocycles. The SMILES string of the molecule is CCOC(Cn1cc(C(=O)NNC(=O)CCCOc2ccc(Cl)cc2Cl)nn1)OCC. The third kappa shape index (κ3) is 8.70. The molecule has 12 heteroatoms. The molecule has 0 radical (unpaired) electrons. The van der Waals surface area contributed by atoms with Gasteiger partial charge in [-0.2, -0.15) is 0 Å². The van der Waals surface area contributed by atoms with Crippen molar-refractivity contribution < 1.29 is 23.8 Å². The molecule has 1 heterocycles. The molecule has 0 spiro atoms. The maximum atomic E-state index is 12.1. The molecule has 0 unspecified atom stereocenters. The minimum absolute atomic E-state index is 0.0489. The second kappa shape index (κ2) is 13.1. The Morgan fingerprint density at radius 3 is 2.58 bits per heavy atom. The van der Waals surface area contributed by atoms with Gasteiger partial charge in [-0.1, -0.05) is 28.4 Å². The fraction of sp³-hybridized carbons (Fsp3) is 0.474. The summed E-state index contributed by atoms with van der Waals surface area (Å²) in [5, 5.41) is 8.56. The van der Waals surface area contributed by atoms with Gasteiger partial charge in [-0.05, 0) is 38.5 Å². The molecule has 0 saturated carbocycles. The first-order chi connectivity index (χ1) is 14.9. The standard InChI is InChI=1S/C19H25Cl2N5O5/c1-3-29-18(30-4-2)12-26-11-15(22-25-26)19(28)24-23-17(27)6-5-9-31-16-8-7-13(20)10-14(16)21/h7-8,10-11,18H,3-6,9,12H2,1-2H3,(H,23,27)(H,24,28). The van der Waals surface area contributed by atoms with E-state index < -0.39 is 12.2 Å². The van der Waals surface area contributed by atoms with Crippen molar-refractivity contribution in [3.63, 3.8) is 0 Å². The summed E-state index contributed by atoms with van der Waals surface area (Å²) in [5.41, 5.74) is 4.67. The number of benzene rings is 1. The zero-order chi connectivity index (χ0) is 22.6. The highest BCUT2D eigenvalue weighted by atomic mass is 35.5. The van der Waals surface area contributed by atoms with E-state index in [1.807, 2.05) is 13.8 Å². The van der Waals surface area contributed by atoms with Crippen molar-refractivity contribution in [3.05, 3.63) is 40.1 Å². The molecule has 2 rings (SSSR count). The smallest absolute Gasteiger partial charge is 0.291 e. The monoisotopic (exact) mass is 473 g/mol. The average molecular weight is 474 g/mol. The summed E-state index contributed by atoms with van der Waals surface area (Å²) in [4.78, 5) is 24.0. The number of carbonyl (C=O) groups excluding carboxylic acids is 2. The lowest BCUT2D eigenvalue weighted by molar-refractivity contribution is -0.145. The average Bonchev–Trinajstić information content (AvgIpc) is 3.19. The highest BCUT2D eigenvalue weighted by Crippen LogP contribution is 2.27. The maximum Gasteiger partial charge on any atom is 0.291 e. The summed E-state index contributed by atoms with van der Waals surface area (Å²) in [6, 6.07) is 4.89. The molecule has 2 aromatic rings. The maximum absolute atomic E-state index is 12.1. The Morgan fingerprint density at radius 2 is 1.90 bits per heavy atom. The lowest BCUT2D eigenvalue weighted by Crippen LogP contribution is -2.41. The molecule has 0 fully saturated rings. The van der Waals surface area contributed by atoms with Crippen LogP contribution in [-0.4, -0.2) is 52.9 Å². The van der Waals surface area contributed by atoms with E-state index in [2.05, 4.69) is 21.2 Å². The molecule has 10 nitrogen and oxygen atoms in total.